The lowest BCUT2D eigenvalue weighted by Gasteiger charge is -2.22. The minimum absolute atomic E-state index is 0. The number of carbonyl (C=O) groups excluding carboxylic acids is 3. The summed E-state index contributed by atoms with van der Waals surface area (Å²) in [7, 11) is 1.19. The van der Waals surface area contributed by atoms with E-state index < -0.39 is 41.4 Å². The molecule has 0 spiro atoms. The van der Waals surface area contributed by atoms with Gasteiger partial charge in [0.25, 0.3) is 0 Å². The number of methoxy groups -OCH3 is 1. The lowest BCUT2D eigenvalue weighted by molar-refractivity contribution is -0.175. The molecule has 178 valence electrons. The fourth-order valence-corrected chi connectivity index (χ4v) is 3.61. The van der Waals surface area contributed by atoms with Gasteiger partial charge in [0, 0.05) is 6.99 Å². The van der Waals surface area contributed by atoms with Crippen molar-refractivity contribution in [3.63, 3.8) is 0 Å². The van der Waals surface area contributed by atoms with Crippen LogP contribution in [0.2, 0.25) is 5.02 Å². The van der Waals surface area contributed by atoms with Crippen molar-refractivity contribution in [2.75, 3.05) is 7.11 Å². The van der Waals surface area contributed by atoms with E-state index in [2.05, 4.69) is 5.32 Å². The molecule has 11 heteroatoms. The zero-order chi connectivity index (χ0) is 24.6. The lowest BCUT2D eigenvalue weighted by Crippen LogP contribution is -2.53. The number of hydrogen-bond donors (Lipinski definition) is 2. The number of esters is 1. The first-order valence-electron chi connectivity index (χ1n) is 9.76. The van der Waals surface area contributed by atoms with E-state index in [9.17, 15) is 31.9 Å². The molecule has 0 saturated heterocycles. The third-order valence-electron chi connectivity index (χ3n) is 5.32. The molecule has 1 aliphatic carbocycles. The van der Waals surface area contributed by atoms with Crippen molar-refractivity contribution < 1.29 is 38.1 Å². The molecule has 0 heterocycles. The fourth-order valence-electron chi connectivity index (χ4n) is 3.35. The number of benzene rings is 2. The van der Waals surface area contributed by atoms with Crippen molar-refractivity contribution in [2.45, 2.75) is 37.5 Å². The summed E-state index contributed by atoms with van der Waals surface area (Å²) < 4.78 is 57.2. The van der Waals surface area contributed by atoms with Gasteiger partial charge in [-0.1, -0.05) is 35.9 Å². The number of amides is 2. The molecule has 6 nitrogen and oxygen atoms in total. The maximum absolute atomic E-state index is 14.9. The van der Waals surface area contributed by atoms with E-state index in [1.165, 1.54) is 32.2 Å². The normalized spacial score (nSPS) is 15.4. The maximum atomic E-state index is 14.9. The minimum Gasteiger partial charge on any atom is -0.465 e. The Morgan fingerprint density at radius 3 is 2.39 bits per heavy atom. The van der Waals surface area contributed by atoms with E-state index >= 15 is 0 Å². The van der Waals surface area contributed by atoms with Gasteiger partial charge in [0.15, 0.2) is 0 Å². The average Bonchev–Trinajstić information content (AvgIpc) is 3.52. The number of ether oxygens (including phenoxy) is 1. The summed E-state index contributed by atoms with van der Waals surface area (Å²) in [4.78, 5) is 35.8. The average molecular weight is 489 g/mol. The molecular formula is C22H21ClF4N2O4. The van der Waals surface area contributed by atoms with Gasteiger partial charge < -0.3 is 15.4 Å². The van der Waals surface area contributed by atoms with Gasteiger partial charge in [-0.15, -0.1) is 0 Å². The molecule has 2 N–H and O–H groups in total. The molecule has 0 aliphatic heterocycles. The van der Waals surface area contributed by atoms with Crippen LogP contribution in [0.1, 0.15) is 43.2 Å². The van der Waals surface area contributed by atoms with Crippen LogP contribution in [0.4, 0.5) is 17.6 Å². The molecular weight excluding hydrogens is 468 g/mol. The van der Waals surface area contributed by atoms with Crippen LogP contribution in [-0.2, 0) is 14.3 Å². The van der Waals surface area contributed by atoms with Gasteiger partial charge in [0.1, 0.15) is 11.4 Å². The second-order valence-electron chi connectivity index (χ2n) is 7.62. The summed E-state index contributed by atoms with van der Waals surface area (Å²) in [5, 5.41) is 4.28. The topological polar surface area (TPSA) is 84.5 Å². The van der Waals surface area contributed by atoms with E-state index in [-0.39, 0.29) is 30.4 Å². The molecule has 1 aliphatic rings. The number of rotatable bonds is 6. The minimum atomic E-state index is -5.12. The molecule has 33 heavy (non-hydrogen) atoms. The highest BCUT2D eigenvalue weighted by molar-refractivity contribution is 6.34. The molecule has 0 unspecified atom stereocenters. The van der Waals surface area contributed by atoms with Gasteiger partial charge in [-0.05, 0) is 43.0 Å². The summed E-state index contributed by atoms with van der Waals surface area (Å²) in [5.74, 6) is -4.46. The van der Waals surface area contributed by atoms with Crippen molar-refractivity contribution in [2.24, 2.45) is 0 Å². The van der Waals surface area contributed by atoms with Crippen LogP contribution in [0.5, 0.6) is 0 Å². The molecule has 1 atom stereocenters. The monoisotopic (exact) mass is 488 g/mol. The SMILES string of the molecule is COC(=O)c1c(Cl)cccc1-c1ccc([C@@H](C)NC(=O)C2(NC(=O)C(F)(F)F)CC2)c(F)c1.[HH]. The Balaban J connectivity index is 0.00000408. The Hall–Kier alpha value is -3.14. The largest absolute Gasteiger partial charge is 0.471 e. The first-order chi connectivity index (χ1) is 15.4. The summed E-state index contributed by atoms with van der Waals surface area (Å²) in [6.45, 7) is 1.46. The van der Waals surface area contributed by atoms with E-state index in [1.54, 1.807) is 17.4 Å². The molecule has 0 bridgehead atoms. The second-order valence-corrected chi connectivity index (χ2v) is 8.03. The highest BCUT2D eigenvalue weighted by Gasteiger charge is 2.55. The van der Waals surface area contributed by atoms with Gasteiger partial charge in [0.2, 0.25) is 5.91 Å². The van der Waals surface area contributed by atoms with Crippen LogP contribution >= 0.6 is 11.6 Å². The van der Waals surface area contributed by atoms with Crippen molar-refractivity contribution in [1.29, 1.82) is 0 Å². The van der Waals surface area contributed by atoms with Gasteiger partial charge in [-0.2, -0.15) is 13.2 Å². The molecule has 1 saturated carbocycles. The van der Waals surface area contributed by atoms with Gasteiger partial charge >= 0.3 is 18.1 Å². The summed E-state index contributed by atoms with van der Waals surface area (Å²) >= 11 is 6.10. The smallest absolute Gasteiger partial charge is 0.465 e. The lowest BCUT2D eigenvalue weighted by atomic mass is 9.96. The van der Waals surface area contributed by atoms with Crippen molar-refractivity contribution >= 4 is 29.4 Å². The Bertz CT molecular complexity index is 1120. The summed E-state index contributed by atoms with van der Waals surface area (Å²) in [5.41, 5.74) is -0.872. The standard InChI is InChI=1S/C22H19ClF4N2O4.H2/c1-11(28-19(31)21(8-9-21)29-20(32)22(25,26)27)13-7-6-12(10-16(13)24)14-4-3-5-15(23)17(14)18(30)33-2;/h3-7,10-11H,8-9H2,1-2H3,(H,28,31)(H,29,32);1H/t11-;/m1./s1. The fraction of sp³-hybridized carbons (Fsp3) is 0.318. The van der Waals surface area contributed by atoms with E-state index in [0.29, 0.717) is 11.1 Å². The predicted molar refractivity (Wildman–Crippen MR) is 113 cm³/mol. The zero-order valence-corrected chi connectivity index (χ0v) is 18.2. The number of hydrogen-bond acceptors (Lipinski definition) is 4. The zero-order valence-electron chi connectivity index (χ0n) is 17.5. The number of halogens is 5. The van der Waals surface area contributed by atoms with Crippen LogP contribution in [0.25, 0.3) is 11.1 Å². The molecule has 3 rings (SSSR count). The van der Waals surface area contributed by atoms with Crippen LogP contribution in [0.15, 0.2) is 36.4 Å². The van der Waals surface area contributed by atoms with E-state index in [1.807, 2.05) is 0 Å². The first-order valence-corrected chi connectivity index (χ1v) is 10.1. The van der Waals surface area contributed by atoms with Crippen LogP contribution < -0.4 is 10.6 Å². The van der Waals surface area contributed by atoms with Gasteiger partial charge in [0.05, 0.1) is 23.7 Å². The molecule has 1 fully saturated rings. The van der Waals surface area contributed by atoms with Gasteiger partial charge in [-0.25, -0.2) is 9.18 Å². The van der Waals surface area contributed by atoms with Crippen molar-refractivity contribution in [1.82, 2.24) is 10.6 Å². The van der Waals surface area contributed by atoms with Crippen LogP contribution in [-0.4, -0.2) is 36.6 Å². The van der Waals surface area contributed by atoms with Crippen LogP contribution in [0.3, 0.4) is 0 Å². The Kier molecular flexibility index (Phi) is 6.69. The van der Waals surface area contributed by atoms with E-state index in [4.69, 9.17) is 16.3 Å². The Morgan fingerprint density at radius 1 is 1.18 bits per heavy atom. The Morgan fingerprint density at radius 2 is 1.85 bits per heavy atom. The van der Waals surface area contributed by atoms with Crippen LogP contribution in [0, 0.1) is 5.82 Å². The Labute approximate surface area is 192 Å². The molecule has 2 amide bonds. The van der Waals surface area contributed by atoms with Crippen molar-refractivity contribution in [3.05, 3.63) is 58.4 Å². The second kappa shape index (κ2) is 9.01. The number of alkyl halides is 3. The number of nitrogens with one attached hydrogen (secondary N) is 2. The predicted octanol–water partition coefficient (Wildman–Crippen LogP) is 4.57. The quantitative estimate of drug-likeness (QED) is 0.461. The molecule has 2 aromatic rings. The molecule has 0 aromatic heterocycles. The number of carbonyl (C=O) groups is 3. The summed E-state index contributed by atoms with van der Waals surface area (Å²) in [6.07, 6.45) is -5.04. The third kappa shape index (κ3) is 5.11. The highest BCUT2D eigenvalue weighted by Crippen LogP contribution is 2.38. The summed E-state index contributed by atoms with van der Waals surface area (Å²) in [6, 6.07) is 7.77. The first kappa shape index (κ1) is 24.5. The molecule has 0 radical (unpaired) electrons. The highest BCUT2D eigenvalue weighted by atomic mass is 35.5. The van der Waals surface area contributed by atoms with E-state index in [0.717, 1.165) is 6.07 Å². The van der Waals surface area contributed by atoms with Gasteiger partial charge in [-0.3, -0.25) is 9.59 Å². The maximum Gasteiger partial charge on any atom is 0.471 e. The molecule has 2 aromatic carbocycles. The third-order valence-corrected chi connectivity index (χ3v) is 5.64. The van der Waals surface area contributed by atoms with Crippen molar-refractivity contribution in [3.8, 4) is 11.1 Å².